The van der Waals surface area contributed by atoms with Crippen molar-refractivity contribution < 1.29 is 23.9 Å². The fraction of sp³-hybridized carbons (Fsp3) is 0.600. The highest BCUT2D eigenvalue weighted by molar-refractivity contribution is 5.98. The highest BCUT2D eigenvalue weighted by Crippen LogP contribution is 2.30. The van der Waals surface area contributed by atoms with Crippen molar-refractivity contribution in [2.75, 3.05) is 17.2 Å². The highest BCUT2D eigenvalue weighted by atomic mass is 16.5. The molecule has 2 N–H and O–H groups in total. The molecule has 3 amide bonds. The number of esters is 1. The minimum atomic E-state index is -0.672. The van der Waals surface area contributed by atoms with E-state index < -0.39 is 5.97 Å². The monoisotopic (exact) mass is 457 g/mol. The predicted octanol–water partition coefficient (Wildman–Crippen LogP) is 4.25. The number of rotatable bonds is 7. The summed E-state index contributed by atoms with van der Waals surface area (Å²) in [5.74, 6) is -1.42. The number of hydrogen-bond acceptors (Lipinski definition) is 5. The van der Waals surface area contributed by atoms with Gasteiger partial charge in [-0.15, -0.1) is 0 Å². The molecule has 3 rings (SSSR count). The Morgan fingerprint density at radius 1 is 0.788 bits per heavy atom. The third-order valence-electron chi connectivity index (χ3n) is 6.36. The topological polar surface area (TPSA) is 105 Å². The molecule has 33 heavy (non-hydrogen) atoms. The van der Waals surface area contributed by atoms with E-state index in [0.717, 1.165) is 51.4 Å². The molecule has 1 aromatic rings. The highest BCUT2D eigenvalue weighted by Gasteiger charge is 2.32. The predicted molar refractivity (Wildman–Crippen MR) is 126 cm³/mol. The Bertz CT molecular complexity index is 821. The van der Waals surface area contributed by atoms with E-state index in [1.807, 2.05) is 4.90 Å². The Labute approximate surface area is 195 Å². The van der Waals surface area contributed by atoms with Crippen LogP contribution >= 0.6 is 0 Å². The molecule has 8 nitrogen and oxygen atoms in total. The van der Waals surface area contributed by atoms with E-state index in [9.17, 15) is 19.2 Å². The smallest absolute Gasteiger partial charge is 0.338 e. The van der Waals surface area contributed by atoms with Gasteiger partial charge in [-0.05, 0) is 43.9 Å². The number of carbonyl (C=O) groups is 4. The number of anilines is 2. The minimum Gasteiger partial charge on any atom is -0.452 e. The molecule has 0 unspecified atom stereocenters. The second kappa shape index (κ2) is 11.8. The van der Waals surface area contributed by atoms with E-state index in [4.69, 9.17) is 4.74 Å². The molecule has 8 heteroatoms. The lowest BCUT2D eigenvalue weighted by Crippen LogP contribution is -2.50. The van der Waals surface area contributed by atoms with Crippen molar-refractivity contribution in [2.45, 2.75) is 90.1 Å². The maximum atomic E-state index is 13.2. The summed E-state index contributed by atoms with van der Waals surface area (Å²) >= 11 is 0. The number of amides is 3. The molecule has 0 heterocycles. The summed E-state index contributed by atoms with van der Waals surface area (Å²) in [5, 5.41) is 5.22. The molecule has 2 aliphatic carbocycles. The normalized spacial score (nSPS) is 17.2. The first-order valence-electron chi connectivity index (χ1n) is 12.0. The van der Waals surface area contributed by atoms with Gasteiger partial charge in [0.25, 0.3) is 5.91 Å². The Hall–Kier alpha value is -2.90. The summed E-state index contributed by atoms with van der Waals surface area (Å²) in [5.41, 5.74) is 0.871. The van der Waals surface area contributed by atoms with Crippen LogP contribution in [0.4, 0.5) is 11.4 Å². The van der Waals surface area contributed by atoms with E-state index in [1.54, 1.807) is 6.07 Å². The Morgan fingerprint density at radius 2 is 1.24 bits per heavy atom. The van der Waals surface area contributed by atoms with Crippen molar-refractivity contribution >= 4 is 35.1 Å². The van der Waals surface area contributed by atoms with Gasteiger partial charge in [0.1, 0.15) is 0 Å². The van der Waals surface area contributed by atoms with E-state index in [2.05, 4.69) is 10.6 Å². The molecule has 0 saturated heterocycles. The fourth-order valence-corrected chi connectivity index (χ4v) is 5.01. The molecule has 1 aromatic carbocycles. The van der Waals surface area contributed by atoms with Gasteiger partial charge in [0.15, 0.2) is 6.61 Å². The third-order valence-corrected chi connectivity index (χ3v) is 6.36. The van der Waals surface area contributed by atoms with E-state index in [1.165, 1.54) is 38.8 Å². The van der Waals surface area contributed by atoms with Crippen LogP contribution in [0, 0.1) is 0 Å². The van der Waals surface area contributed by atoms with Gasteiger partial charge in [-0.3, -0.25) is 14.4 Å². The number of benzene rings is 1. The summed E-state index contributed by atoms with van der Waals surface area (Å²) in [4.78, 5) is 50.9. The molecule has 2 aliphatic rings. The average Bonchev–Trinajstić information content (AvgIpc) is 2.78. The van der Waals surface area contributed by atoms with Crippen molar-refractivity contribution in [3.8, 4) is 0 Å². The maximum Gasteiger partial charge on any atom is 0.338 e. The van der Waals surface area contributed by atoms with Gasteiger partial charge in [-0.25, -0.2) is 4.79 Å². The van der Waals surface area contributed by atoms with E-state index in [0.29, 0.717) is 11.4 Å². The van der Waals surface area contributed by atoms with Crippen LogP contribution in [-0.4, -0.2) is 47.3 Å². The Kier molecular flexibility index (Phi) is 8.86. The standard InChI is InChI=1S/C25H35N3O5/c1-17(29)26-20-13-19(14-21(15-20)27-18(2)30)25(32)33-16-24(31)28(22-9-5-3-6-10-22)23-11-7-4-8-12-23/h13-15,22-23H,3-12,16H2,1-2H3,(H,26,29)(H,27,30). The van der Waals surface area contributed by atoms with Crippen molar-refractivity contribution in [3.05, 3.63) is 23.8 Å². The lowest BCUT2D eigenvalue weighted by Gasteiger charge is -2.41. The lowest BCUT2D eigenvalue weighted by atomic mass is 9.88. The van der Waals surface area contributed by atoms with Crippen LogP contribution in [0.5, 0.6) is 0 Å². The summed E-state index contributed by atoms with van der Waals surface area (Å²) in [6.07, 6.45) is 11.0. The molecule has 0 atom stereocenters. The number of ether oxygens (including phenoxy) is 1. The molecule has 0 aromatic heterocycles. The van der Waals surface area contributed by atoms with E-state index >= 15 is 0 Å². The fourth-order valence-electron chi connectivity index (χ4n) is 5.01. The second-order valence-electron chi connectivity index (χ2n) is 9.12. The molecule has 180 valence electrons. The van der Waals surface area contributed by atoms with Crippen LogP contribution in [0.25, 0.3) is 0 Å². The zero-order chi connectivity index (χ0) is 23.8. The maximum absolute atomic E-state index is 13.2. The van der Waals surface area contributed by atoms with Crippen molar-refractivity contribution in [2.24, 2.45) is 0 Å². The van der Waals surface area contributed by atoms with Gasteiger partial charge in [0.05, 0.1) is 5.56 Å². The Balaban J connectivity index is 1.71. The zero-order valence-corrected chi connectivity index (χ0v) is 19.7. The number of carbonyl (C=O) groups excluding carboxylic acids is 4. The SMILES string of the molecule is CC(=O)Nc1cc(NC(C)=O)cc(C(=O)OCC(=O)N(C2CCCCC2)C2CCCCC2)c1. The summed E-state index contributed by atoms with van der Waals surface area (Å²) in [6.45, 7) is 2.39. The molecular weight excluding hydrogens is 422 g/mol. The largest absolute Gasteiger partial charge is 0.452 e. The van der Waals surface area contributed by atoms with Gasteiger partial charge in [-0.1, -0.05) is 38.5 Å². The lowest BCUT2D eigenvalue weighted by molar-refractivity contribution is -0.141. The van der Waals surface area contributed by atoms with Gasteiger partial charge in [0.2, 0.25) is 11.8 Å². The number of hydrogen-bond donors (Lipinski definition) is 2. The first-order chi connectivity index (χ1) is 15.8. The summed E-state index contributed by atoms with van der Waals surface area (Å²) < 4.78 is 5.42. The van der Waals surface area contributed by atoms with Gasteiger partial charge < -0.3 is 20.3 Å². The first-order valence-corrected chi connectivity index (χ1v) is 12.0. The van der Waals surface area contributed by atoms with Crippen LogP contribution < -0.4 is 10.6 Å². The van der Waals surface area contributed by atoms with Gasteiger partial charge in [0, 0.05) is 37.3 Å². The quantitative estimate of drug-likeness (QED) is 0.596. The van der Waals surface area contributed by atoms with Crippen LogP contribution in [-0.2, 0) is 19.1 Å². The van der Waals surface area contributed by atoms with Crippen LogP contribution in [0.15, 0.2) is 18.2 Å². The van der Waals surface area contributed by atoms with E-state index in [-0.39, 0.29) is 42.0 Å². The average molecular weight is 458 g/mol. The summed E-state index contributed by atoms with van der Waals surface area (Å²) in [6, 6.07) is 4.95. The molecule has 0 bridgehead atoms. The van der Waals surface area contributed by atoms with Crippen molar-refractivity contribution in [1.82, 2.24) is 4.90 Å². The molecular formula is C25H35N3O5. The number of nitrogens with one attached hydrogen (secondary N) is 2. The number of nitrogens with zero attached hydrogens (tertiary/aromatic N) is 1. The van der Waals surface area contributed by atoms with Gasteiger partial charge in [-0.2, -0.15) is 0 Å². The Morgan fingerprint density at radius 3 is 1.67 bits per heavy atom. The molecule has 2 saturated carbocycles. The van der Waals surface area contributed by atoms with Crippen LogP contribution in [0.3, 0.4) is 0 Å². The minimum absolute atomic E-state index is 0.137. The van der Waals surface area contributed by atoms with Crippen LogP contribution in [0.2, 0.25) is 0 Å². The zero-order valence-electron chi connectivity index (χ0n) is 19.7. The first kappa shape index (κ1) is 24.7. The molecule has 0 radical (unpaired) electrons. The van der Waals surface area contributed by atoms with Crippen molar-refractivity contribution in [1.29, 1.82) is 0 Å². The second-order valence-corrected chi connectivity index (χ2v) is 9.12. The summed E-state index contributed by atoms with van der Waals surface area (Å²) in [7, 11) is 0. The molecule has 0 spiro atoms. The third kappa shape index (κ3) is 7.30. The van der Waals surface area contributed by atoms with Crippen LogP contribution in [0.1, 0.15) is 88.4 Å². The van der Waals surface area contributed by atoms with Crippen molar-refractivity contribution in [3.63, 3.8) is 0 Å². The van der Waals surface area contributed by atoms with Gasteiger partial charge >= 0.3 is 5.97 Å². The molecule has 0 aliphatic heterocycles. The molecule has 2 fully saturated rings.